The van der Waals surface area contributed by atoms with Crippen molar-refractivity contribution < 1.29 is 29.4 Å². The number of carbonyl (C=O) groups is 4. The van der Waals surface area contributed by atoms with Gasteiger partial charge in [-0.2, -0.15) is 0 Å². The second-order valence-corrected chi connectivity index (χ2v) is 10.5. The summed E-state index contributed by atoms with van der Waals surface area (Å²) in [6, 6.07) is 7.21. The van der Waals surface area contributed by atoms with Gasteiger partial charge in [0, 0.05) is 71.0 Å². The van der Waals surface area contributed by atoms with Gasteiger partial charge in [-0.05, 0) is 30.7 Å². The van der Waals surface area contributed by atoms with Gasteiger partial charge in [-0.3, -0.25) is 33.9 Å². The summed E-state index contributed by atoms with van der Waals surface area (Å²) in [5.74, 6) is -2.07. The number of nitrogens with zero attached hydrogens (tertiary/aromatic N) is 4. The van der Waals surface area contributed by atoms with Crippen molar-refractivity contribution in [2.75, 3.05) is 85.1 Å². The van der Waals surface area contributed by atoms with Gasteiger partial charge in [0.2, 0.25) is 5.91 Å². The van der Waals surface area contributed by atoms with Crippen molar-refractivity contribution in [2.45, 2.75) is 39.7 Å². The quantitative estimate of drug-likeness (QED) is 0.233. The van der Waals surface area contributed by atoms with Crippen LogP contribution in [-0.4, -0.2) is 139 Å². The maximum absolute atomic E-state index is 12.9. The first-order valence-corrected chi connectivity index (χ1v) is 14.7. The Balaban J connectivity index is 1.93. The smallest absolute Gasteiger partial charge is 0.317 e. The number of carbonyl (C=O) groups excluding carboxylic acids is 2. The third-order valence-corrected chi connectivity index (χ3v) is 7.23. The van der Waals surface area contributed by atoms with Gasteiger partial charge in [-0.25, -0.2) is 0 Å². The lowest BCUT2D eigenvalue weighted by atomic mass is 10.1. The molecule has 1 aromatic carbocycles. The van der Waals surface area contributed by atoms with E-state index in [1.807, 2.05) is 21.9 Å². The highest BCUT2D eigenvalue weighted by molar-refractivity contribution is 5.94. The number of nitrogens with one attached hydrogen (secondary N) is 2. The second-order valence-electron chi connectivity index (χ2n) is 10.5. The van der Waals surface area contributed by atoms with Crippen LogP contribution in [0.2, 0.25) is 0 Å². The number of amides is 2. The average Bonchev–Trinajstić information content (AvgIpc) is 2.94. The van der Waals surface area contributed by atoms with Crippen LogP contribution < -0.4 is 10.6 Å². The molecule has 230 valence electrons. The summed E-state index contributed by atoms with van der Waals surface area (Å²) < 4.78 is 0. The van der Waals surface area contributed by atoms with E-state index >= 15 is 0 Å². The van der Waals surface area contributed by atoms with Crippen molar-refractivity contribution in [3.63, 3.8) is 0 Å². The molecule has 1 aliphatic rings. The molecule has 0 atom stereocenters. The van der Waals surface area contributed by atoms with E-state index in [-0.39, 0.29) is 31.4 Å². The van der Waals surface area contributed by atoms with E-state index in [4.69, 9.17) is 0 Å². The minimum absolute atomic E-state index is 0.0836. The van der Waals surface area contributed by atoms with Crippen LogP contribution >= 0.6 is 0 Å². The fourth-order valence-electron chi connectivity index (χ4n) is 4.66. The van der Waals surface area contributed by atoms with E-state index in [0.717, 1.165) is 31.4 Å². The number of unbranched alkanes of at least 4 members (excludes halogenated alkanes) is 2. The number of hydrogen-bond donors (Lipinski definition) is 4. The first-order valence-electron chi connectivity index (χ1n) is 14.7. The van der Waals surface area contributed by atoms with Gasteiger partial charge in [0.1, 0.15) is 0 Å². The van der Waals surface area contributed by atoms with Gasteiger partial charge in [-0.15, -0.1) is 0 Å². The Labute approximate surface area is 243 Å². The van der Waals surface area contributed by atoms with Crippen LogP contribution in [0.3, 0.4) is 0 Å². The largest absolute Gasteiger partial charge is 0.480 e. The molecule has 1 aromatic rings. The van der Waals surface area contributed by atoms with Crippen molar-refractivity contribution in [2.24, 2.45) is 0 Å². The van der Waals surface area contributed by atoms with Gasteiger partial charge in [0.05, 0.1) is 19.6 Å². The van der Waals surface area contributed by atoms with Crippen molar-refractivity contribution in [1.29, 1.82) is 0 Å². The maximum atomic E-state index is 12.9. The Hall–Kier alpha value is -3.06. The predicted molar refractivity (Wildman–Crippen MR) is 157 cm³/mol. The first-order chi connectivity index (χ1) is 19.7. The maximum Gasteiger partial charge on any atom is 0.317 e. The molecule has 0 saturated carbocycles. The lowest BCUT2D eigenvalue weighted by Gasteiger charge is -2.33. The van der Waals surface area contributed by atoms with Crippen LogP contribution in [0.25, 0.3) is 0 Å². The third-order valence-electron chi connectivity index (χ3n) is 7.23. The molecule has 12 heteroatoms. The highest BCUT2D eigenvalue weighted by Crippen LogP contribution is 2.06. The van der Waals surface area contributed by atoms with Gasteiger partial charge in [0.15, 0.2) is 0 Å². The fraction of sp³-hybridized carbons (Fsp3) is 0.655. The summed E-state index contributed by atoms with van der Waals surface area (Å²) in [5, 5.41) is 24.5. The van der Waals surface area contributed by atoms with Gasteiger partial charge < -0.3 is 25.7 Å². The monoisotopic (exact) mass is 576 g/mol. The number of benzene rings is 1. The summed E-state index contributed by atoms with van der Waals surface area (Å²) in [4.78, 5) is 55.8. The number of carboxylic acids is 2. The predicted octanol–water partition coefficient (Wildman–Crippen LogP) is 0.634. The molecule has 0 spiro atoms. The molecule has 4 N–H and O–H groups in total. The van der Waals surface area contributed by atoms with E-state index in [1.54, 1.807) is 17.0 Å². The zero-order valence-electron chi connectivity index (χ0n) is 24.6. The summed E-state index contributed by atoms with van der Waals surface area (Å²) in [7, 11) is 0. The molecule has 0 aliphatic carbocycles. The number of likely N-dealkylation sites (N-methyl/N-ethyl adjacent to an activating group) is 1. The third kappa shape index (κ3) is 14.4. The number of rotatable bonds is 14. The lowest BCUT2D eigenvalue weighted by molar-refractivity contribution is -0.140. The van der Waals surface area contributed by atoms with Crippen molar-refractivity contribution >= 4 is 23.8 Å². The molecule has 1 saturated heterocycles. The van der Waals surface area contributed by atoms with E-state index in [2.05, 4.69) is 29.4 Å². The molecule has 12 nitrogen and oxygen atoms in total. The SMILES string of the molecule is CCCCCNC(=O)c1ccc(CNC(=O)CN2CCN(CC)CCN(CC(=O)O)CCN(CC(=O)O)CC2)cc1. The molecule has 0 unspecified atom stereocenters. The van der Waals surface area contributed by atoms with Crippen molar-refractivity contribution in [1.82, 2.24) is 30.2 Å². The van der Waals surface area contributed by atoms with Gasteiger partial charge >= 0.3 is 11.9 Å². The van der Waals surface area contributed by atoms with E-state index in [0.29, 0.717) is 71.0 Å². The number of hydrogen-bond acceptors (Lipinski definition) is 8. The molecule has 1 heterocycles. The second kappa shape index (κ2) is 19.1. The zero-order valence-corrected chi connectivity index (χ0v) is 24.6. The number of carboxylic acid groups (broad SMARTS) is 2. The highest BCUT2D eigenvalue weighted by atomic mass is 16.4. The topological polar surface area (TPSA) is 146 Å². The zero-order chi connectivity index (χ0) is 30.0. The van der Waals surface area contributed by atoms with Crippen molar-refractivity contribution in [3.05, 3.63) is 35.4 Å². The lowest BCUT2D eigenvalue weighted by Crippen LogP contribution is -2.49. The molecular weight excluding hydrogens is 528 g/mol. The molecule has 0 radical (unpaired) electrons. The molecule has 1 fully saturated rings. The minimum atomic E-state index is -0.941. The van der Waals surface area contributed by atoms with E-state index in [1.165, 1.54) is 0 Å². The van der Waals surface area contributed by atoms with E-state index < -0.39 is 11.9 Å². The average molecular weight is 577 g/mol. The Morgan fingerprint density at radius 2 is 1.17 bits per heavy atom. The minimum Gasteiger partial charge on any atom is -0.480 e. The summed E-state index contributed by atoms with van der Waals surface area (Å²) in [6.07, 6.45) is 3.15. The van der Waals surface area contributed by atoms with Crippen LogP contribution in [0.15, 0.2) is 24.3 Å². The molecule has 0 bridgehead atoms. The summed E-state index contributed by atoms with van der Waals surface area (Å²) in [6.45, 7) is 10.4. The van der Waals surface area contributed by atoms with Crippen LogP contribution in [0.4, 0.5) is 0 Å². The number of aliphatic carboxylic acids is 2. The standard InChI is InChI=1S/C29H48N6O6/c1-3-5-6-11-30-29(41)25-9-7-24(8-10-25)20-31-26(36)21-33-14-12-32(4-2)13-15-34(22-27(37)38)18-19-35(17-16-33)23-28(39)40/h7-10H,3-6,11-23H2,1-2H3,(H,30,41)(H,31,36)(H,37,38)(H,39,40). The van der Waals surface area contributed by atoms with E-state index in [9.17, 15) is 29.4 Å². The molecule has 1 aliphatic heterocycles. The van der Waals surface area contributed by atoms with Gasteiger partial charge in [0.25, 0.3) is 5.91 Å². The molecule has 41 heavy (non-hydrogen) atoms. The fourth-order valence-corrected chi connectivity index (χ4v) is 4.66. The molecule has 2 amide bonds. The Morgan fingerprint density at radius 1 is 0.683 bits per heavy atom. The van der Waals surface area contributed by atoms with Crippen LogP contribution in [-0.2, 0) is 20.9 Å². The van der Waals surface area contributed by atoms with Crippen LogP contribution in [0.1, 0.15) is 49.0 Å². The summed E-state index contributed by atoms with van der Waals surface area (Å²) >= 11 is 0. The summed E-state index contributed by atoms with van der Waals surface area (Å²) in [5.41, 5.74) is 1.48. The Bertz CT molecular complexity index is 960. The van der Waals surface area contributed by atoms with Crippen molar-refractivity contribution in [3.8, 4) is 0 Å². The van der Waals surface area contributed by atoms with Crippen LogP contribution in [0.5, 0.6) is 0 Å². The Kier molecular flexibility index (Phi) is 15.9. The normalized spacial score (nSPS) is 16.8. The van der Waals surface area contributed by atoms with Crippen LogP contribution in [0, 0.1) is 0 Å². The molecular formula is C29H48N6O6. The Morgan fingerprint density at radius 3 is 1.63 bits per heavy atom. The molecule has 2 rings (SSSR count). The highest BCUT2D eigenvalue weighted by Gasteiger charge is 2.20. The first kappa shape index (κ1) is 34.1. The van der Waals surface area contributed by atoms with Gasteiger partial charge in [-0.1, -0.05) is 38.8 Å². The molecule has 0 aromatic heterocycles.